The smallest absolute Gasteiger partial charge is 0.402 e. The molecule has 0 aromatic heterocycles. The number of rotatable bonds is 7. The number of benzene rings is 1. The minimum Gasteiger partial charge on any atom is -0.402 e. The highest BCUT2D eigenvalue weighted by Crippen LogP contribution is 2.41. The Morgan fingerprint density at radius 1 is 1.06 bits per heavy atom. The van der Waals surface area contributed by atoms with E-state index in [4.69, 9.17) is 5.73 Å². The Morgan fingerprint density at radius 3 is 2.10 bits per heavy atom. The van der Waals surface area contributed by atoms with E-state index in [9.17, 15) is 26.3 Å². The van der Waals surface area contributed by atoms with Gasteiger partial charge in [-0.25, -0.2) is 0 Å². The van der Waals surface area contributed by atoms with Crippen LogP contribution in [0.15, 0.2) is 53.8 Å². The van der Waals surface area contributed by atoms with E-state index in [0.717, 1.165) is 12.5 Å². The van der Waals surface area contributed by atoms with Crippen LogP contribution in [0.3, 0.4) is 0 Å². The van der Waals surface area contributed by atoms with Gasteiger partial charge >= 0.3 is 12.4 Å². The molecule has 1 aromatic rings. The van der Waals surface area contributed by atoms with Gasteiger partial charge in [0.05, 0.1) is 17.2 Å². The molecule has 0 bridgehead atoms. The second kappa shape index (κ2) is 12.6. The van der Waals surface area contributed by atoms with Gasteiger partial charge in [0.15, 0.2) is 0 Å². The highest BCUT2D eigenvalue weighted by molar-refractivity contribution is 5.41. The number of hydrogen-bond acceptors (Lipinski definition) is 2. The van der Waals surface area contributed by atoms with Crippen LogP contribution in [0, 0.1) is 0 Å². The standard InChI is InChI=1S/C21H26F6N2.C2H6/c1-5-6-7-8-14(2)19(29(4)12-11-15(3)28)17-10-9-16(20(22,23)24)13-18(17)21(25,26)27;1-2/h6-11,13,19H,5,12,28H2,1-4H3;1-2H3/b7-6-,14-8+,15-11+;. The maximum absolute atomic E-state index is 13.7. The highest BCUT2D eigenvalue weighted by atomic mass is 19.4. The zero-order chi connectivity index (χ0) is 24.4. The normalized spacial score (nSPS) is 14.6. The fourth-order valence-corrected chi connectivity index (χ4v) is 2.89. The van der Waals surface area contributed by atoms with E-state index in [1.165, 1.54) is 0 Å². The van der Waals surface area contributed by atoms with Crippen molar-refractivity contribution in [3.63, 3.8) is 0 Å². The van der Waals surface area contributed by atoms with Crippen molar-refractivity contribution >= 4 is 0 Å². The molecule has 0 aliphatic rings. The van der Waals surface area contributed by atoms with Crippen LogP contribution >= 0.6 is 0 Å². The van der Waals surface area contributed by atoms with E-state index in [1.54, 1.807) is 44.0 Å². The third-order valence-electron chi connectivity index (χ3n) is 4.28. The number of nitrogens with zero attached hydrogens (tertiary/aromatic N) is 1. The summed E-state index contributed by atoms with van der Waals surface area (Å²) in [5, 5.41) is 0. The SMILES string of the molecule is CC.CC/C=C\C=C(/C)C(c1ccc(C(F)(F)F)cc1C(F)(F)F)N(C)C/C=C(\C)N. The molecule has 0 fully saturated rings. The van der Waals surface area contributed by atoms with Crippen LogP contribution in [0.4, 0.5) is 26.3 Å². The lowest BCUT2D eigenvalue weighted by atomic mass is 9.91. The van der Waals surface area contributed by atoms with Gasteiger partial charge in [0.2, 0.25) is 0 Å². The molecule has 2 N–H and O–H groups in total. The Morgan fingerprint density at radius 2 is 1.65 bits per heavy atom. The molecule has 31 heavy (non-hydrogen) atoms. The van der Waals surface area contributed by atoms with E-state index < -0.39 is 29.5 Å². The molecule has 1 aromatic carbocycles. The Labute approximate surface area is 181 Å². The van der Waals surface area contributed by atoms with Crippen LogP contribution in [0.5, 0.6) is 0 Å². The molecule has 2 nitrogen and oxygen atoms in total. The van der Waals surface area contributed by atoms with E-state index in [1.807, 2.05) is 26.8 Å². The first-order valence-electron chi connectivity index (χ1n) is 10.0. The van der Waals surface area contributed by atoms with Crippen LogP contribution in [0.2, 0.25) is 0 Å². The topological polar surface area (TPSA) is 29.3 Å². The first-order chi connectivity index (χ1) is 14.3. The van der Waals surface area contributed by atoms with Crippen molar-refractivity contribution in [3.8, 4) is 0 Å². The van der Waals surface area contributed by atoms with Crippen molar-refractivity contribution in [2.75, 3.05) is 13.6 Å². The lowest BCUT2D eigenvalue weighted by molar-refractivity contribution is -0.143. The van der Waals surface area contributed by atoms with Crippen LogP contribution in [-0.4, -0.2) is 18.5 Å². The molecule has 8 heteroatoms. The van der Waals surface area contributed by atoms with Crippen molar-refractivity contribution in [2.24, 2.45) is 5.73 Å². The van der Waals surface area contributed by atoms with Gasteiger partial charge in [0.25, 0.3) is 0 Å². The Hall–Kier alpha value is -2.22. The molecule has 0 radical (unpaired) electrons. The van der Waals surface area contributed by atoms with Gasteiger partial charge in [-0.05, 0) is 45.0 Å². The summed E-state index contributed by atoms with van der Waals surface area (Å²) in [6.07, 6.45) is -2.20. The predicted molar refractivity (Wildman–Crippen MR) is 114 cm³/mol. The first-order valence-corrected chi connectivity index (χ1v) is 10.0. The van der Waals surface area contributed by atoms with Gasteiger partial charge in [-0.15, -0.1) is 0 Å². The van der Waals surface area contributed by atoms with Gasteiger partial charge in [0, 0.05) is 12.2 Å². The zero-order valence-electron chi connectivity index (χ0n) is 18.8. The highest BCUT2D eigenvalue weighted by Gasteiger charge is 2.40. The molecule has 0 aliphatic carbocycles. The Bertz CT molecular complexity index is 769. The molecule has 176 valence electrons. The fraction of sp³-hybridized carbons (Fsp3) is 0.478. The van der Waals surface area contributed by atoms with Crippen LogP contribution in [0.1, 0.15) is 63.8 Å². The van der Waals surface area contributed by atoms with E-state index in [2.05, 4.69) is 0 Å². The van der Waals surface area contributed by atoms with Crippen molar-refractivity contribution in [3.05, 3.63) is 70.5 Å². The van der Waals surface area contributed by atoms with Gasteiger partial charge in [-0.1, -0.05) is 56.7 Å². The summed E-state index contributed by atoms with van der Waals surface area (Å²) >= 11 is 0. The summed E-state index contributed by atoms with van der Waals surface area (Å²) in [5.41, 5.74) is 3.80. The van der Waals surface area contributed by atoms with Crippen molar-refractivity contribution < 1.29 is 26.3 Å². The molecule has 0 saturated carbocycles. The molecule has 0 saturated heterocycles. The van der Waals surface area contributed by atoms with Crippen molar-refractivity contribution in [1.29, 1.82) is 0 Å². The molecule has 0 heterocycles. The van der Waals surface area contributed by atoms with Gasteiger partial charge in [-0.3, -0.25) is 4.90 Å². The first kappa shape index (κ1) is 28.8. The van der Waals surface area contributed by atoms with Crippen molar-refractivity contribution in [2.45, 2.75) is 59.4 Å². The summed E-state index contributed by atoms with van der Waals surface area (Å²) in [6, 6.07) is 0.887. The molecular formula is C23H32F6N2. The fourth-order valence-electron chi connectivity index (χ4n) is 2.89. The third kappa shape index (κ3) is 9.21. The van der Waals surface area contributed by atoms with Gasteiger partial charge < -0.3 is 5.73 Å². The third-order valence-corrected chi connectivity index (χ3v) is 4.28. The number of allylic oxidation sites excluding steroid dienone is 4. The maximum Gasteiger partial charge on any atom is 0.416 e. The maximum atomic E-state index is 13.7. The lowest BCUT2D eigenvalue weighted by Crippen LogP contribution is -2.28. The minimum absolute atomic E-state index is 0.176. The van der Waals surface area contributed by atoms with E-state index in [-0.39, 0.29) is 18.2 Å². The summed E-state index contributed by atoms with van der Waals surface area (Å²) < 4.78 is 80.0. The van der Waals surface area contributed by atoms with Crippen LogP contribution in [0.25, 0.3) is 0 Å². The van der Waals surface area contributed by atoms with Crippen molar-refractivity contribution in [1.82, 2.24) is 4.90 Å². The molecule has 0 spiro atoms. The molecule has 1 unspecified atom stereocenters. The summed E-state index contributed by atoms with van der Waals surface area (Å²) in [7, 11) is 1.60. The van der Waals surface area contributed by atoms with E-state index >= 15 is 0 Å². The number of likely N-dealkylation sites (N-methyl/N-ethyl adjacent to an activating group) is 1. The second-order valence-corrected chi connectivity index (χ2v) is 6.83. The molecular weight excluding hydrogens is 418 g/mol. The minimum atomic E-state index is -4.94. The molecule has 1 rings (SSSR count). The van der Waals surface area contributed by atoms with Crippen LogP contribution < -0.4 is 5.73 Å². The summed E-state index contributed by atoms with van der Waals surface area (Å²) in [4.78, 5) is 1.61. The molecule has 0 aliphatic heterocycles. The molecule has 1 atom stereocenters. The Balaban J connectivity index is 0.00000436. The number of hydrogen-bond donors (Lipinski definition) is 1. The molecule has 0 amide bonds. The monoisotopic (exact) mass is 450 g/mol. The van der Waals surface area contributed by atoms with Gasteiger partial charge in [0.1, 0.15) is 0 Å². The number of nitrogens with two attached hydrogens (primary N) is 1. The zero-order valence-corrected chi connectivity index (χ0v) is 18.8. The average molecular weight is 451 g/mol. The quantitative estimate of drug-likeness (QED) is 0.344. The summed E-state index contributed by atoms with van der Waals surface area (Å²) in [6.45, 7) is 9.44. The second-order valence-electron chi connectivity index (χ2n) is 6.83. The van der Waals surface area contributed by atoms with Crippen LogP contribution in [-0.2, 0) is 12.4 Å². The number of alkyl halides is 6. The predicted octanol–water partition coefficient (Wildman–Crippen LogP) is 7.50. The largest absolute Gasteiger partial charge is 0.416 e. The van der Waals surface area contributed by atoms with E-state index in [0.29, 0.717) is 17.3 Å². The Kier molecular flexibility index (Phi) is 11.7. The summed E-state index contributed by atoms with van der Waals surface area (Å²) in [5.74, 6) is 0. The lowest BCUT2D eigenvalue weighted by Gasteiger charge is -2.31. The average Bonchev–Trinajstić information content (AvgIpc) is 2.67. The number of halogens is 6. The van der Waals surface area contributed by atoms with Gasteiger partial charge in [-0.2, -0.15) is 26.3 Å².